The number of hydrogen-bond acceptors (Lipinski definition) is 4. The summed E-state index contributed by atoms with van der Waals surface area (Å²) in [5.74, 6) is -10.0. The lowest BCUT2D eigenvalue weighted by Crippen LogP contribution is -2.23. The number of esters is 1. The monoisotopic (exact) mass is 345 g/mol. The largest absolute Gasteiger partial charge is 0.462 e. The third-order valence-corrected chi connectivity index (χ3v) is 3.51. The molecule has 0 amide bonds. The van der Waals surface area contributed by atoms with Crippen LogP contribution in [0.3, 0.4) is 0 Å². The number of carbonyl (C=O) groups is 2. The number of carbonyl (C=O) groups excluding carboxylic acids is 2. The minimum absolute atomic E-state index is 0.0551. The molecule has 4 nitrogen and oxygen atoms in total. The number of benzene rings is 1. The molecule has 1 aliphatic carbocycles. The third-order valence-electron chi connectivity index (χ3n) is 3.51. The zero-order chi connectivity index (χ0) is 18.0. The molecule has 0 spiro atoms. The summed E-state index contributed by atoms with van der Waals surface area (Å²) in [7, 11) is 0. The van der Waals surface area contributed by atoms with Crippen LogP contribution in [0.2, 0.25) is 0 Å². The van der Waals surface area contributed by atoms with Crippen molar-refractivity contribution < 1.29 is 31.9 Å². The van der Waals surface area contributed by atoms with Crippen molar-refractivity contribution in [3.8, 4) is 0 Å². The van der Waals surface area contributed by atoms with Crippen LogP contribution in [0.15, 0.2) is 11.8 Å². The third kappa shape index (κ3) is 3.42. The van der Waals surface area contributed by atoms with E-state index >= 15 is 0 Å². The minimum Gasteiger partial charge on any atom is -0.462 e. The first-order valence-corrected chi connectivity index (χ1v) is 7.30. The molecule has 0 radical (unpaired) electrons. The van der Waals surface area contributed by atoms with E-state index in [0.717, 1.165) is 26.0 Å². The molecule has 1 saturated carbocycles. The summed E-state index contributed by atoms with van der Waals surface area (Å²) in [5, 5.41) is 2.76. The zero-order valence-electron chi connectivity index (χ0n) is 13.0. The van der Waals surface area contributed by atoms with E-state index in [9.17, 15) is 27.2 Å². The number of Topliss-reactive ketones (excluding diaryl/α,β-unsaturated/α-hetero) is 1. The highest BCUT2D eigenvalue weighted by Gasteiger charge is 2.32. The van der Waals surface area contributed by atoms with Crippen LogP contribution in [0.4, 0.5) is 17.6 Å². The summed E-state index contributed by atoms with van der Waals surface area (Å²) in [5.41, 5.74) is -2.38. The van der Waals surface area contributed by atoms with Crippen molar-refractivity contribution in [2.45, 2.75) is 32.7 Å². The Hall–Kier alpha value is -2.38. The van der Waals surface area contributed by atoms with Crippen LogP contribution in [0.25, 0.3) is 0 Å². The number of ether oxygens (including phenoxy) is 1. The Balaban J connectivity index is 2.50. The van der Waals surface area contributed by atoms with Crippen LogP contribution in [0.1, 0.15) is 35.7 Å². The summed E-state index contributed by atoms with van der Waals surface area (Å²) in [4.78, 5) is 24.4. The molecule has 0 bridgehead atoms. The van der Waals surface area contributed by atoms with Gasteiger partial charge in [-0.2, -0.15) is 0 Å². The standard InChI is InChI=1S/C16H15F4NO3/c1-3-24-16(23)9(6-21-8-4-5-8)15(22)10-7(2)11(17)13(19)14(20)12(10)18/h6,8,21H,3-5H2,1-2H3/b9-6-. The molecule has 24 heavy (non-hydrogen) atoms. The SMILES string of the molecule is CCOC(=O)/C(=C\NC1CC1)C(=O)c1c(C)c(F)c(F)c(F)c1F. The van der Waals surface area contributed by atoms with E-state index in [-0.39, 0.29) is 12.6 Å². The molecule has 8 heteroatoms. The Labute approximate surface area is 135 Å². The van der Waals surface area contributed by atoms with Crippen molar-refractivity contribution in [3.05, 3.63) is 46.2 Å². The molecule has 0 saturated heterocycles. The molecule has 0 aliphatic heterocycles. The van der Waals surface area contributed by atoms with Gasteiger partial charge in [-0.1, -0.05) is 0 Å². The van der Waals surface area contributed by atoms with Gasteiger partial charge in [0, 0.05) is 17.8 Å². The minimum atomic E-state index is -2.11. The molecule has 2 rings (SSSR count). The average Bonchev–Trinajstić information content (AvgIpc) is 3.36. The van der Waals surface area contributed by atoms with E-state index in [1.807, 2.05) is 0 Å². The second-order valence-corrected chi connectivity index (χ2v) is 5.30. The van der Waals surface area contributed by atoms with Gasteiger partial charge in [0.15, 0.2) is 23.3 Å². The summed E-state index contributed by atoms with van der Waals surface area (Å²) in [6, 6.07) is 0.0647. The number of hydrogen-bond donors (Lipinski definition) is 1. The molecule has 1 N–H and O–H groups in total. The first-order valence-electron chi connectivity index (χ1n) is 7.30. The van der Waals surface area contributed by atoms with Gasteiger partial charge < -0.3 is 10.1 Å². The van der Waals surface area contributed by atoms with Gasteiger partial charge >= 0.3 is 5.97 Å². The Morgan fingerprint density at radius 3 is 2.25 bits per heavy atom. The highest BCUT2D eigenvalue weighted by molar-refractivity contribution is 6.24. The molecule has 1 fully saturated rings. The van der Waals surface area contributed by atoms with Crippen LogP contribution < -0.4 is 5.32 Å². The van der Waals surface area contributed by atoms with E-state index < -0.39 is 51.7 Å². The quantitative estimate of drug-likeness (QED) is 0.126. The van der Waals surface area contributed by atoms with E-state index in [2.05, 4.69) is 5.32 Å². The van der Waals surface area contributed by atoms with Gasteiger partial charge in [-0.25, -0.2) is 22.4 Å². The van der Waals surface area contributed by atoms with E-state index in [4.69, 9.17) is 4.74 Å². The van der Waals surface area contributed by atoms with E-state index in [1.165, 1.54) is 6.92 Å². The molecule has 0 unspecified atom stereocenters. The topological polar surface area (TPSA) is 55.4 Å². The maximum atomic E-state index is 14.0. The normalized spacial score (nSPS) is 14.5. The molecule has 1 aromatic carbocycles. The van der Waals surface area contributed by atoms with Crippen molar-refractivity contribution in [3.63, 3.8) is 0 Å². The molecular formula is C16H15F4NO3. The van der Waals surface area contributed by atoms with Crippen LogP contribution in [0, 0.1) is 30.2 Å². The summed E-state index contributed by atoms with van der Waals surface area (Å²) >= 11 is 0. The fraction of sp³-hybridized carbons (Fsp3) is 0.375. The maximum Gasteiger partial charge on any atom is 0.343 e. The van der Waals surface area contributed by atoms with Gasteiger partial charge in [0.25, 0.3) is 0 Å². The van der Waals surface area contributed by atoms with Gasteiger partial charge in [-0.15, -0.1) is 0 Å². The maximum absolute atomic E-state index is 14.0. The van der Waals surface area contributed by atoms with E-state index in [0.29, 0.717) is 0 Å². The summed E-state index contributed by atoms with van der Waals surface area (Å²) < 4.78 is 59.0. The Morgan fingerprint density at radius 2 is 1.71 bits per heavy atom. The van der Waals surface area contributed by atoms with Crippen LogP contribution in [0.5, 0.6) is 0 Å². The number of rotatable bonds is 6. The van der Waals surface area contributed by atoms with Crippen LogP contribution >= 0.6 is 0 Å². The van der Waals surface area contributed by atoms with Gasteiger partial charge in [0.1, 0.15) is 5.57 Å². The van der Waals surface area contributed by atoms with Gasteiger partial charge in [0.2, 0.25) is 5.78 Å². The smallest absolute Gasteiger partial charge is 0.343 e. The number of nitrogens with one attached hydrogen (secondary N) is 1. The van der Waals surface area contributed by atoms with E-state index in [1.54, 1.807) is 0 Å². The molecule has 1 aliphatic rings. The lowest BCUT2D eigenvalue weighted by molar-refractivity contribution is -0.138. The van der Waals surface area contributed by atoms with Gasteiger partial charge in [-0.05, 0) is 26.7 Å². The Kier molecular flexibility index (Phi) is 5.26. The molecule has 130 valence electrons. The first-order chi connectivity index (χ1) is 11.3. The fourth-order valence-electron chi connectivity index (χ4n) is 2.02. The van der Waals surface area contributed by atoms with Crippen molar-refractivity contribution in [1.82, 2.24) is 5.32 Å². The second kappa shape index (κ2) is 7.02. The van der Waals surface area contributed by atoms with Crippen molar-refractivity contribution in [2.24, 2.45) is 0 Å². The van der Waals surface area contributed by atoms with Gasteiger partial charge in [-0.3, -0.25) is 4.79 Å². The molecule has 1 aromatic rings. The van der Waals surface area contributed by atoms with Crippen molar-refractivity contribution in [1.29, 1.82) is 0 Å². The first kappa shape index (κ1) is 18.0. The number of halogens is 4. The lowest BCUT2D eigenvalue weighted by Gasteiger charge is -2.12. The van der Waals surface area contributed by atoms with Crippen molar-refractivity contribution >= 4 is 11.8 Å². The van der Waals surface area contributed by atoms with Crippen LogP contribution in [-0.4, -0.2) is 24.4 Å². The van der Waals surface area contributed by atoms with Crippen molar-refractivity contribution in [2.75, 3.05) is 6.61 Å². The average molecular weight is 345 g/mol. The predicted octanol–water partition coefficient (Wildman–Crippen LogP) is 2.93. The molecular weight excluding hydrogens is 330 g/mol. The number of ketones is 1. The highest BCUT2D eigenvalue weighted by atomic mass is 19.2. The Morgan fingerprint density at radius 1 is 1.12 bits per heavy atom. The molecule has 0 aromatic heterocycles. The summed E-state index contributed by atoms with van der Waals surface area (Å²) in [6.45, 7) is 2.36. The highest BCUT2D eigenvalue weighted by Crippen LogP contribution is 2.26. The second-order valence-electron chi connectivity index (χ2n) is 5.30. The van der Waals surface area contributed by atoms with Crippen LogP contribution in [-0.2, 0) is 9.53 Å². The lowest BCUT2D eigenvalue weighted by atomic mass is 9.97. The van der Waals surface area contributed by atoms with Gasteiger partial charge in [0.05, 0.1) is 12.2 Å². The Bertz CT molecular complexity index is 698. The molecule has 0 atom stereocenters. The zero-order valence-corrected chi connectivity index (χ0v) is 13.0. The summed E-state index contributed by atoms with van der Waals surface area (Å²) in [6.07, 6.45) is 2.69. The molecule has 0 heterocycles. The fourth-order valence-corrected chi connectivity index (χ4v) is 2.02. The predicted molar refractivity (Wildman–Crippen MR) is 76.2 cm³/mol.